The van der Waals surface area contributed by atoms with Crippen LogP contribution in [0.1, 0.15) is 0 Å². The van der Waals surface area contributed by atoms with E-state index in [1.165, 1.54) is 0 Å². The normalized spacial score (nSPS) is 10.7. The Kier molecular flexibility index (Phi) is 2.45. The molecule has 1 N–H and O–H groups in total. The van der Waals surface area contributed by atoms with E-state index in [1.807, 2.05) is 30.3 Å². The molecule has 1 heterocycles. The first kappa shape index (κ1) is 10.7. The summed E-state index contributed by atoms with van der Waals surface area (Å²) in [5.74, 6) is 1.41. The summed E-state index contributed by atoms with van der Waals surface area (Å²) in [4.78, 5) is 0. The van der Waals surface area contributed by atoms with Gasteiger partial charge in [0.25, 0.3) is 0 Å². The molecule has 0 unspecified atom stereocenters. The largest absolute Gasteiger partial charge is 0.507 e. The number of ether oxygens (including phenoxy) is 1. The molecule has 0 aliphatic rings. The number of fused-ring (bicyclic) bond motifs is 1. The van der Waals surface area contributed by atoms with Crippen LogP contribution in [0.5, 0.6) is 11.5 Å². The van der Waals surface area contributed by atoms with Crippen molar-refractivity contribution in [3.05, 3.63) is 48.5 Å². The zero-order valence-corrected chi connectivity index (χ0v) is 9.88. The zero-order valence-electron chi connectivity index (χ0n) is 9.88. The van der Waals surface area contributed by atoms with Crippen molar-refractivity contribution in [3.8, 4) is 22.8 Å². The molecule has 90 valence electrons. The van der Waals surface area contributed by atoms with Crippen LogP contribution < -0.4 is 4.74 Å². The van der Waals surface area contributed by atoms with Crippen molar-refractivity contribution in [1.29, 1.82) is 0 Å². The first-order chi connectivity index (χ1) is 8.78. The van der Waals surface area contributed by atoms with E-state index < -0.39 is 0 Å². The van der Waals surface area contributed by atoms with Gasteiger partial charge < -0.3 is 14.3 Å². The number of benzene rings is 2. The lowest BCUT2D eigenvalue weighted by Gasteiger charge is -2.04. The molecule has 0 saturated heterocycles. The second-order valence-electron chi connectivity index (χ2n) is 4.03. The van der Waals surface area contributed by atoms with Gasteiger partial charge in [0.15, 0.2) is 0 Å². The topological polar surface area (TPSA) is 42.6 Å². The lowest BCUT2D eigenvalue weighted by molar-refractivity contribution is 0.408. The molecule has 0 atom stereocenters. The summed E-state index contributed by atoms with van der Waals surface area (Å²) in [7, 11) is 1.57. The first-order valence-electron chi connectivity index (χ1n) is 5.64. The van der Waals surface area contributed by atoms with E-state index in [4.69, 9.17) is 9.15 Å². The second kappa shape index (κ2) is 4.11. The molecule has 3 rings (SSSR count). The van der Waals surface area contributed by atoms with E-state index in [9.17, 15) is 5.11 Å². The fourth-order valence-corrected chi connectivity index (χ4v) is 1.96. The summed E-state index contributed by atoms with van der Waals surface area (Å²) in [5.41, 5.74) is 1.47. The van der Waals surface area contributed by atoms with Gasteiger partial charge in [-0.3, -0.25) is 0 Å². The average molecular weight is 240 g/mol. The third-order valence-corrected chi connectivity index (χ3v) is 2.90. The van der Waals surface area contributed by atoms with Crippen LogP contribution in [0.25, 0.3) is 22.3 Å². The van der Waals surface area contributed by atoms with Crippen LogP contribution in [-0.4, -0.2) is 12.2 Å². The predicted octanol–water partition coefficient (Wildman–Crippen LogP) is 3.81. The molecule has 3 aromatic rings. The van der Waals surface area contributed by atoms with Crippen LogP contribution in [0, 0.1) is 0 Å². The van der Waals surface area contributed by atoms with Gasteiger partial charge in [-0.15, -0.1) is 0 Å². The van der Waals surface area contributed by atoms with Crippen LogP contribution in [0.15, 0.2) is 52.9 Å². The fraction of sp³-hybridized carbons (Fsp3) is 0.0667. The molecular weight excluding hydrogens is 228 g/mol. The van der Waals surface area contributed by atoms with Gasteiger partial charge in [0.2, 0.25) is 0 Å². The van der Waals surface area contributed by atoms with Gasteiger partial charge in [0, 0.05) is 11.5 Å². The van der Waals surface area contributed by atoms with Gasteiger partial charge in [-0.1, -0.05) is 18.2 Å². The van der Waals surface area contributed by atoms with Gasteiger partial charge in [-0.2, -0.15) is 0 Å². The molecule has 1 aromatic heterocycles. The van der Waals surface area contributed by atoms with Crippen LogP contribution in [0.2, 0.25) is 0 Å². The Bertz CT molecular complexity index is 665. The monoisotopic (exact) mass is 240 g/mol. The van der Waals surface area contributed by atoms with Gasteiger partial charge in [0.05, 0.1) is 12.7 Å². The van der Waals surface area contributed by atoms with Gasteiger partial charge in [0.1, 0.15) is 22.8 Å². The minimum atomic E-state index is 0.147. The van der Waals surface area contributed by atoms with E-state index in [-0.39, 0.29) is 5.75 Å². The highest BCUT2D eigenvalue weighted by molar-refractivity contribution is 5.84. The number of hydrogen-bond donors (Lipinski definition) is 1. The molecule has 0 aliphatic carbocycles. The van der Waals surface area contributed by atoms with E-state index in [2.05, 4.69) is 0 Å². The Hall–Kier alpha value is -2.42. The van der Waals surface area contributed by atoms with Crippen molar-refractivity contribution in [2.45, 2.75) is 0 Å². The molecule has 3 heteroatoms. The van der Waals surface area contributed by atoms with Gasteiger partial charge in [-0.25, -0.2) is 0 Å². The molecule has 0 bridgehead atoms. The Balaban J connectivity index is 2.14. The molecule has 0 spiro atoms. The van der Waals surface area contributed by atoms with Crippen molar-refractivity contribution >= 4 is 11.0 Å². The minimum Gasteiger partial charge on any atom is -0.507 e. The van der Waals surface area contributed by atoms with Crippen molar-refractivity contribution in [3.63, 3.8) is 0 Å². The zero-order chi connectivity index (χ0) is 12.5. The number of phenolic OH excluding ortho intramolecular Hbond substituents is 1. The Morgan fingerprint density at radius 3 is 2.61 bits per heavy atom. The fourth-order valence-electron chi connectivity index (χ4n) is 1.96. The maximum atomic E-state index is 9.96. The molecule has 0 aliphatic heterocycles. The van der Waals surface area contributed by atoms with Crippen molar-refractivity contribution in [2.75, 3.05) is 7.11 Å². The quantitative estimate of drug-likeness (QED) is 0.740. The maximum absolute atomic E-state index is 9.96. The highest BCUT2D eigenvalue weighted by Gasteiger charge is 2.10. The summed E-state index contributed by atoms with van der Waals surface area (Å²) in [6, 6.07) is 14.8. The molecule has 18 heavy (non-hydrogen) atoms. The molecule has 0 radical (unpaired) electrons. The van der Waals surface area contributed by atoms with Crippen LogP contribution >= 0.6 is 0 Å². The Morgan fingerprint density at radius 1 is 1.06 bits per heavy atom. The lowest BCUT2D eigenvalue weighted by Crippen LogP contribution is -1.83. The minimum absolute atomic E-state index is 0.147. The molecule has 0 saturated carbocycles. The van der Waals surface area contributed by atoms with E-state index in [1.54, 1.807) is 25.3 Å². The first-order valence-corrected chi connectivity index (χ1v) is 5.64. The Morgan fingerprint density at radius 2 is 1.89 bits per heavy atom. The van der Waals surface area contributed by atoms with E-state index in [0.717, 1.165) is 11.0 Å². The van der Waals surface area contributed by atoms with Crippen LogP contribution in [-0.2, 0) is 0 Å². The van der Waals surface area contributed by atoms with Gasteiger partial charge >= 0.3 is 0 Å². The molecule has 0 fully saturated rings. The summed E-state index contributed by atoms with van der Waals surface area (Å²) >= 11 is 0. The van der Waals surface area contributed by atoms with Crippen molar-refractivity contribution in [2.24, 2.45) is 0 Å². The standard InChI is InChI=1S/C15H12O3/c1-17-11-6-7-12(13(16)9-11)15-8-10-4-2-3-5-14(10)18-15/h2-9,16H,1H3. The number of aromatic hydroxyl groups is 1. The van der Waals surface area contributed by atoms with Crippen molar-refractivity contribution in [1.82, 2.24) is 0 Å². The SMILES string of the molecule is COc1ccc(-c2cc3ccccc3o2)c(O)c1. The average Bonchev–Trinajstić information content (AvgIpc) is 2.81. The van der Waals surface area contributed by atoms with Crippen LogP contribution in [0.4, 0.5) is 0 Å². The molecule has 2 aromatic carbocycles. The smallest absolute Gasteiger partial charge is 0.139 e. The summed E-state index contributed by atoms with van der Waals surface area (Å²) in [6.07, 6.45) is 0. The second-order valence-corrected chi connectivity index (χ2v) is 4.03. The number of furan rings is 1. The lowest BCUT2D eigenvalue weighted by atomic mass is 10.1. The summed E-state index contributed by atoms with van der Waals surface area (Å²) in [6.45, 7) is 0. The predicted molar refractivity (Wildman–Crippen MR) is 69.9 cm³/mol. The maximum Gasteiger partial charge on any atom is 0.139 e. The van der Waals surface area contributed by atoms with E-state index in [0.29, 0.717) is 17.1 Å². The summed E-state index contributed by atoms with van der Waals surface area (Å²) in [5, 5.41) is 11.0. The summed E-state index contributed by atoms with van der Waals surface area (Å²) < 4.78 is 10.8. The number of rotatable bonds is 2. The van der Waals surface area contributed by atoms with Crippen molar-refractivity contribution < 1.29 is 14.3 Å². The molecular formula is C15H12O3. The highest BCUT2D eigenvalue weighted by Crippen LogP contribution is 2.35. The number of hydrogen-bond acceptors (Lipinski definition) is 3. The molecule has 0 amide bonds. The molecule has 3 nitrogen and oxygen atoms in total. The van der Waals surface area contributed by atoms with Gasteiger partial charge in [-0.05, 0) is 24.3 Å². The number of para-hydroxylation sites is 1. The third kappa shape index (κ3) is 1.70. The number of phenols is 1. The highest BCUT2D eigenvalue weighted by atomic mass is 16.5. The Labute approximate surface area is 104 Å². The van der Waals surface area contributed by atoms with Crippen LogP contribution in [0.3, 0.4) is 0 Å². The van der Waals surface area contributed by atoms with E-state index >= 15 is 0 Å². The third-order valence-electron chi connectivity index (χ3n) is 2.90. The number of methoxy groups -OCH3 is 1.